The minimum Gasteiger partial charge on any atom is -0.373 e. The van der Waals surface area contributed by atoms with E-state index in [-0.39, 0.29) is 11.5 Å². The number of primary amides is 1. The molecule has 0 heterocycles. The van der Waals surface area contributed by atoms with Crippen molar-refractivity contribution in [1.82, 2.24) is 0 Å². The number of hydrogen-bond acceptors (Lipinski definition) is 3. The molecule has 3 N–H and O–H groups in total. The first-order valence-corrected chi connectivity index (χ1v) is 5.69. The maximum absolute atomic E-state index is 13.1. The second-order valence-corrected chi connectivity index (χ2v) is 4.53. The quantitative estimate of drug-likeness (QED) is 0.837. The molecule has 18 heavy (non-hydrogen) atoms. The third-order valence-electron chi connectivity index (χ3n) is 2.48. The fraction of sp³-hybridized carbons (Fsp3) is 0.385. The Morgan fingerprint density at radius 3 is 2.72 bits per heavy atom. The summed E-state index contributed by atoms with van der Waals surface area (Å²) in [6, 6.07) is 5.08. The molecule has 0 aliphatic rings. The number of rotatable bonds is 5. The SMILES string of the molecule is CC(C)C[C@@H](Nc1cc(F)ccc1C#N)C(N)=O. The highest BCUT2D eigenvalue weighted by molar-refractivity contribution is 5.83. The van der Waals surface area contributed by atoms with Crippen LogP contribution in [0.15, 0.2) is 18.2 Å². The van der Waals surface area contributed by atoms with E-state index < -0.39 is 17.8 Å². The Hall–Kier alpha value is -2.09. The van der Waals surface area contributed by atoms with Gasteiger partial charge in [0.05, 0.1) is 11.3 Å². The molecular weight excluding hydrogens is 233 g/mol. The Labute approximate surface area is 106 Å². The standard InChI is InChI=1S/C13H16FN3O/c1-8(2)5-12(13(16)18)17-11-6-10(14)4-3-9(11)7-15/h3-4,6,8,12,17H,5H2,1-2H3,(H2,16,18)/t12-/m1/s1. The highest BCUT2D eigenvalue weighted by atomic mass is 19.1. The molecule has 1 aromatic rings. The number of amides is 1. The second-order valence-electron chi connectivity index (χ2n) is 4.53. The number of anilines is 1. The molecule has 0 aliphatic heterocycles. The predicted octanol–water partition coefficient (Wildman–Crippen LogP) is 2.01. The van der Waals surface area contributed by atoms with Gasteiger partial charge in [-0.25, -0.2) is 4.39 Å². The van der Waals surface area contributed by atoms with E-state index in [1.807, 2.05) is 19.9 Å². The van der Waals surface area contributed by atoms with E-state index in [1.165, 1.54) is 18.2 Å². The van der Waals surface area contributed by atoms with E-state index in [4.69, 9.17) is 11.0 Å². The van der Waals surface area contributed by atoms with Crippen LogP contribution in [0.1, 0.15) is 25.8 Å². The van der Waals surface area contributed by atoms with Gasteiger partial charge in [-0.2, -0.15) is 5.26 Å². The van der Waals surface area contributed by atoms with E-state index in [1.54, 1.807) is 0 Å². The predicted molar refractivity (Wildman–Crippen MR) is 67.2 cm³/mol. The lowest BCUT2D eigenvalue weighted by atomic mass is 10.0. The molecule has 0 aliphatic carbocycles. The second kappa shape index (κ2) is 6.01. The van der Waals surface area contributed by atoms with Crippen molar-refractivity contribution in [3.63, 3.8) is 0 Å². The number of nitrogens with two attached hydrogens (primary N) is 1. The van der Waals surface area contributed by atoms with Crippen LogP contribution in [0.2, 0.25) is 0 Å². The van der Waals surface area contributed by atoms with Crippen LogP contribution in [0.3, 0.4) is 0 Å². The van der Waals surface area contributed by atoms with Gasteiger partial charge in [-0.3, -0.25) is 4.79 Å². The van der Waals surface area contributed by atoms with Crippen molar-refractivity contribution in [3.05, 3.63) is 29.6 Å². The first-order chi connectivity index (χ1) is 8.43. The van der Waals surface area contributed by atoms with Crippen LogP contribution in [-0.4, -0.2) is 11.9 Å². The van der Waals surface area contributed by atoms with Gasteiger partial charge in [0.2, 0.25) is 5.91 Å². The third kappa shape index (κ3) is 3.74. The van der Waals surface area contributed by atoms with E-state index in [2.05, 4.69) is 5.32 Å². The van der Waals surface area contributed by atoms with Crippen LogP contribution in [0.25, 0.3) is 0 Å². The molecule has 1 atom stereocenters. The summed E-state index contributed by atoms with van der Waals surface area (Å²) < 4.78 is 13.1. The van der Waals surface area contributed by atoms with Crippen molar-refractivity contribution in [2.75, 3.05) is 5.32 Å². The van der Waals surface area contributed by atoms with Gasteiger partial charge in [-0.1, -0.05) is 13.8 Å². The summed E-state index contributed by atoms with van der Waals surface area (Å²) in [5.74, 6) is -0.727. The van der Waals surface area contributed by atoms with Gasteiger partial charge in [0.1, 0.15) is 17.9 Å². The third-order valence-corrected chi connectivity index (χ3v) is 2.48. The van der Waals surface area contributed by atoms with E-state index in [9.17, 15) is 9.18 Å². The Kier molecular flexibility index (Phi) is 4.67. The number of nitrogens with one attached hydrogen (secondary N) is 1. The maximum Gasteiger partial charge on any atom is 0.239 e. The minimum absolute atomic E-state index is 0.258. The average Bonchev–Trinajstić information content (AvgIpc) is 2.27. The van der Waals surface area contributed by atoms with Gasteiger partial charge in [0, 0.05) is 0 Å². The molecule has 0 spiro atoms. The lowest BCUT2D eigenvalue weighted by Crippen LogP contribution is -2.36. The number of nitriles is 1. The normalized spacial score (nSPS) is 11.9. The van der Waals surface area contributed by atoms with Crippen LogP contribution in [0.4, 0.5) is 10.1 Å². The largest absolute Gasteiger partial charge is 0.373 e. The number of carbonyl (C=O) groups excluding carboxylic acids is 1. The first-order valence-electron chi connectivity index (χ1n) is 5.69. The topological polar surface area (TPSA) is 78.9 Å². The molecule has 4 nitrogen and oxygen atoms in total. The van der Waals surface area contributed by atoms with Crippen LogP contribution < -0.4 is 11.1 Å². The molecule has 0 fully saturated rings. The van der Waals surface area contributed by atoms with Crippen molar-refractivity contribution in [1.29, 1.82) is 5.26 Å². The lowest BCUT2D eigenvalue weighted by molar-refractivity contribution is -0.119. The van der Waals surface area contributed by atoms with Gasteiger partial charge in [-0.15, -0.1) is 0 Å². The van der Waals surface area contributed by atoms with Crippen LogP contribution in [0.5, 0.6) is 0 Å². The Balaban J connectivity index is 2.96. The van der Waals surface area contributed by atoms with E-state index >= 15 is 0 Å². The van der Waals surface area contributed by atoms with Crippen molar-refractivity contribution >= 4 is 11.6 Å². The van der Waals surface area contributed by atoms with Gasteiger partial charge < -0.3 is 11.1 Å². The Morgan fingerprint density at radius 2 is 2.22 bits per heavy atom. The van der Waals surface area contributed by atoms with E-state index in [0.717, 1.165) is 0 Å². The molecule has 0 radical (unpaired) electrons. The fourth-order valence-electron chi connectivity index (χ4n) is 1.64. The molecule has 1 aromatic carbocycles. The van der Waals surface area contributed by atoms with Gasteiger partial charge in [0.15, 0.2) is 0 Å². The summed E-state index contributed by atoms with van der Waals surface area (Å²) in [6.07, 6.45) is 0.525. The monoisotopic (exact) mass is 249 g/mol. The Bertz CT molecular complexity index is 480. The molecule has 0 saturated heterocycles. The summed E-state index contributed by atoms with van der Waals surface area (Å²) >= 11 is 0. The van der Waals surface area contributed by atoms with Gasteiger partial charge >= 0.3 is 0 Å². The van der Waals surface area contributed by atoms with Crippen molar-refractivity contribution in [2.45, 2.75) is 26.3 Å². The average molecular weight is 249 g/mol. The van der Waals surface area contributed by atoms with Crippen molar-refractivity contribution in [2.24, 2.45) is 11.7 Å². The summed E-state index contributed by atoms with van der Waals surface area (Å²) in [5, 5.41) is 11.7. The smallest absolute Gasteiger partial charge is 0.239 e. The summed E-state index contributed by atoms with van der Waals surface area (Å²) in [5.41, 5.74) is 5.86. The summed E-state index contributed by atoms with van der Waals surface area (Å²) in [6.45, 7) is 3.91. The number of carbonyl (C=O) groups is 1. The van der Waals surface area contributed by atoms with Crippen LogP contribution in [0, 0.1) is 23.1 Å². The first kappa shape index (κ1) is 14.0. The molecule has 5 heteroatoms. The number of benzene rings is 1. The molecular formula is C13H16FN3O. The molecule has 1 amide bonds. The number of hydrogen-bond donors (Lipinski definition) is 2. The van der Waals surface area contributed by atoms with E-state index in [0.29, 0.717) is 12.1 Å². The minimum atomic E-state index is -0.612. The molecule has 0 unspecified atom stereocenters. The highest BCUT2D eigenvalue weighted by Crippen LogP contribution is 2.19. The molecule has 0 saturated carbocycles. The molecule has 96 valence electrons. The fourth-order valence-corrected chi connectivity index (χ4v) is 1.64. The number of nitrogens with zero attached hydrogens (tertiary/aromatic N) is 1. The summed E-state index contributed by atoms with van der Waals surface area (Å²) in [7, 11) is 0. The zero-order valence-corrected chi connectivity index (χ0v) is 10.4. The molecule has 0 aromatic heterocycles. The Morgan fingerprint density at radius 1 is 1.56 bits per heavy atom. The molecule has 1 rings (SSSR count). The zero-order valence-electron chi connectivity index (χ0n) is 10.4. The van der Waals surface area contributed by atoms with Gasteiger partial charge in [0.25, 0.3) is 0 Å². The number of halogens is 1. The highest BCUT2D eigenvalue weighted by Gasteiger charge is 2.18. The summed E-state index contributed by atoms with van der Waals surface area (Å²) in [4.78, 5) is 11.3. The van der Waals surface area contributed by atoms with Crippen molar-refractivity contribution in [3.8, 4) is 6.07 Å². The van der Waals surface area contributed by atoms with Crippen LogP contribution in [-0.2, 0) is 4.79 Å². The molecule has 0 bridgehead atoms. The maximum atomic E-state index is 13.1. The zero-order chi connectivity index (χ0) is 13.7. The van der Waals surface area contributed by atoms with Crippen LogP contribution >= 0.6 is 0 Å². The van der Waals surface area contributed by atoms with Crippen molar-refractivity contribution < 1.29 is 9.18 Å². The van der Waals surface area contributed by atoms with Gasteiger partial charge in [-0.05, 0) is 30.5 Å². The lowest BCUT2D eigenvalue weighted by Gasteiger charge is -2.19.